The van der Waals surface area contributed by atoms with Crippen LogP contribution in [-0.2, 0) is 0 Å². The molecule has 1 aromatic rings. The molecular formula is C7H4F3NO2. The summed E-state index contributed by atoms with van der Waals surface area (Å²) >= 11 is 0. The van der Waals surface area contributed by atoms with Gasteiger partial charge in [0.25, 0.3) is 5.69 Å². The van der Waals surface area contributed by atoms with Gasteiger partial charge in [-0.1, -0.05) is 0 Å². The van der Waals surface area contributed by atoms with Gasteiger partial charge in [0.05, 0.1) is 0 Å². The second-order valence-corrected chi connectivity index (χ2v) is 2.24. The molecule has 0 aromatic carbocycles. The molecule has 6 heteroatoms. The number of nitrogens with zero attached hydrogens (tertiary/aromatic N) is 1. The summed E-state index contributed by atoms with van der Waals surface area (Å²) < 4.78 is 35.3. The molecule has 0 bridgehead atoms. The van der Waals surface area contributed by atoms with Gasteiger partial charge in [0, 0.05) is 12.1 Å². The van der Waals surface area contributed by atoms with Crippen LogP contribution in [0.5, 0.6) is 0 Å². The monoisotopic (exact) mass is 191 g/mol. The summed E-state index contributed by atoms with van der Waals surface area (Å²) in [6.07, 6.45) is -4.17. The van der Waals surface area contributed by atoms with Gasteiger partial charge in [-0.3, -0.25) is 4.79 Å². The minimum absolute atomic E-state index is 0.115. The molecule has 0 unspecified atom stereocenters. The highest BCUT2D eigenvalue weighted by molar-refractivity contribution is 5.97. The number of pyridine rings is 1. The van der Waals surface area contributed by atoms with Crippen molar-refractivity contribution in [3.05, 3.63) is 35.3 Å². The molecule has 0 saturated heterocycles. The summed E-state index contributed by atoms with van der Waals surface area (Å²) in [6.45, 7) is 0. The zero-order chi connectivity index (χ0) is 10.1. The van der Waals surface area contributed by atoms with E-state index in [2.05, 4.69) is 0 Å². The first-order valence-corrected chi connectivity index (χ1v) is 3.22. The fourth-order valence-electron chi connectivity index (χ4n) is 0.749. The van der Waals surface area contributed by atoms with Crippen LogP contribution in [0, 0.1) is 5.21 Å². The highest BCUT2D eigenvalue weighted by atomic mass is 19.4. The van der Waals surface area contributed by atoms with Crippen molar-refractivity contribution in [3.8, 4) is 0 Å². The second kappa shape index (κ2) is 3.04. The van der Waals surface area contributed by atoms with Gasteiger partial charge in [0.1, 0.15) is 0 Å². The Morgan fingerprint density at radius 2 is 2.00 bits per heavy atom. The Bertz CT molecular complexity index is 335. The van der Waals surface area contributed by atoms with Gasteiger partial charge in [-0.2, -0.15) is 17.9 Å². The summed E-state index contributed by atoms with van der Waals surface area (Å²) in [6, 6.07) is 3.25. The lowest BCUT2D eigenvalue weighted by molar-refractivity contribution is -0.608. The predicted molar refractivity (Wildman–Crippen MR) is 35.8 cm³/mol. The maximum absolute atomic E-state index is 11.8. The van der Waals surface area contributed by atoms with Gasteiger partial charge in [0.15, 0.2) is 6.20 Å². The Morgan fingerprint density at radius 3 is 2.46 bits per heavy atom. The average Bonchev–Trinajstić information content (AvgIpc) is 2.02. The number of Topliss-reactive ketones (excluding diaryl/α,β-unsaturated/α-hetero) is 1. The quantitative estimate of drug-likeness (QED) is 0.378. The lowest BCUT2D eigenvalue weighted by Gasteiger charge is -2.04. The van der Waals surface area contributed by atoms with Gasteiger partial charge in [-0.05, 0) is 6.07 Å². The van der Waals surface area contributed by atoms with Gasteiger partial charge in [0.2, 0.25) is 0 Å². The molecule has 0 atom stereocenters. The standard InChI is InChI=1S/C7H4F3NO2/c8-7(9,10)6(12)5-3-1-2-4-11(5)13/h1-4H. The molecule has 0 radical (unpaired) electrons. The Balaban J connectivity index is 3.10. The fraction of sp³-hybridized carbons (Fsp3) is 0.143. The number of halogens is 3. The van der Waals surface area contributed by atoms with Crippen LogP contribution in [-0.4, -0.2) is 12.0 Å². The van der Waals surface area contributed by atoms with Crippen LogP contribution in [0.25, 0.3) is 0 Å². The van der Waals surface area contributed by atoms with Crippen LogP contribution in [0.15, 0.2) is 24.4 Å². The number of carbonyl (C=O) groups is 1. The van der Waals surface area contributed by atoms with Crippen LogP contribution in [0.3, 0.4) is 0 Å². The molecule has 3 nitrogen and oxygen atoms in total. The Labute approximate surface area is 71.0 Å². The fourth-order valence-corrected chi connectivity index (χ4v) is 0.749. The van der Waals surface area contributed by atoms with E-state index in [-0.39, 0.29) is 4.73 Å². The minimum atomic E-state index is -5.01. The molecule has 1 rings (SSSR count). The molecule has 1 heterocycles. The van der Waals surface area contributed by atoms with Crippen LogP contribution < -0.4 is 4.73 Å². The van der Waals surface area contributed by atoms with Crippen molar-refractivity contribution in [2.45, 2.75) is 6.18 Å². The van der Waals surface area contributed by atoms with Gasteiger partial charge in [-0.25, -0.2) is 0 Å². The summed E-state index contributed by atoms with van der Waals surface area (Å²) in [5.74, 6) is -2.14. The summed E-state index contributed by atoms with van der Waals surface area (Å²) in [4.78, 5) is 10.5. The zero-order valence-corrected chi connectivity index (χ0v) is 6.21. The number of alkyl halides is 3. The van der Waals surface area contributed by atoms with E-state index >= 15 is 0 Å². The summed E-state index contributed by atoms with van der Waals surface area (Å²) in [5, 5.41) is 10.7. The van der Waals surface area contributed by atoms with Crippen molar-refractivity contribution in [2.75, 3.05) is 0 Å². The molecule has 0 fully saturated rings. The highest BCUT2D eigenvalue weighted by Crippen LogP contribution is 2.19. The topological polar surface area (TPSA) is 44.0 Å². The van der Waals surface area contributed by atoms with Gasteiger partial charge >= 0.3 is 12.0 Å². The molecule has 1 aromatic heterocycles. The Morgan fingerprint density at radius 1 is 1.38 bits per heavy atom. The number of hydrogen-bond acceptors (Lipinski definition) is 2. The number of aromatic nitrogens is 1. The largest absolute Gasteiger partial charge is 0.618 e. The Hall–Kier alpha value is -1.59. The lowest BCUT2D eigenvalue weighted by Crippen LogP contribution is -2.38. The maximum atomic E-state index is 11.8. The van der Waals surface area contributed by atoms with E-state index in [0.717, 1.165) is 12.3 Å². The number of carbonyl (C=O) groups excluding carboxylic acids is 1. The van der Waals surface area contributed by atoms with Crippen LogP contribution in [0.1, 0.15) is 10.5 Å². The molecule has 0 aliphatic carbocycles. The van der Waals surface area contributed by atoms with Crippen molar-refractivity contribution in [3.63, 3.8) is 0 Å². The molecule has 0 spiro atoms. The van der Waals surface area contributed by atoms with E-state index in [1.165, 1.54) is 12.1 Å². The predicted octanol–water partition coefficient (Wildman–Crippen LogP) is 1.06. The van der Waals surface area contributed by atoms with E-state index in [4.69, 9.17) is 0 Å². The molecule has 0 amide bonds. The number of rotatable bonds is 1. The average molecular weight is 191 g/mol. The first-order valence-electron chi connectivity index (χ1n) is 3.22. The third kappa shape index (κ3) is 1.95. The Kier molecular flexibility index (Phi) is 2.22. The zero-order valence-electron chi connectivity index (χ0n) is 6.21. The van der Waals surface area contributed by atoms with E-state index in [9.17, 15) is 23.2 Å². The smallest absolute Gasteiger partial charge is 0.461 e. The van der Waals surface area contributed by atoms with E-state index in [1.807, 2.05) is 0 Å². The van der Waals surface area contributed by atoms with Crippen LogP contribution >= 0.6 is 0 Å². The normalized spacial score (nSPS) is 11.3. The van der Waals surface area contributed by atoms with E-state index in [1.54, 1.807) is 0 Å². The first kappa shape index (κ1) is 9.50. The third-order valence-electron chi connectivity index (χ3n) is 1.31. The van der Waals surface area contributed by atoms with Crippen LogP contribution in [0.2, 0.25) is 0 Å². The van der Waals surface area contributed by atoms with E-state index < -0.39 is 17.7 Å². The highest BCUT2D eigenvalue weighted by Gasteiger charge is 2.43. The van der Waals surface area contributed by atoms with Crippen molar-refractivity contribution < 1.29 is 22.7 Å². The first-order chi connectivity index (χ1) is 5.93. The molecular weight excluding hydrogens is 187 g/mol. The van der Waals surface area contributed by atoms with Crippen LogP contribution in [0.4, 0.5) is 13.2 Å². The van der Waals surface area contributed by atoms with Crippen molar-refractivity contribution in [1.29, 1.82) is 0 Å². The van der Waals surface area contributed by atoms with Gasteiger partial charge < -0.3 is 5.21 Å². The molecule has 70 valence electrons. The molecule has 0 saturated carbocycles. The van der Waals surface area contributed by atoms with Crippen molar-refractivity contribution in [2.24, 2.45) is 0 Å². The SMILES string of the molecule is O=C(c1cccc[n+]1[O-])C(F)(F)F. The molecule has 0 aliphatic rings. The third-order valence-corrected chi connectivity index (χ3v) is 1.31. The number of hydrogen-bond donors (Lipinski definition) is 0. The lowest BCUT2D eigenvalue weighted by atomic mass is 10.2. The summed E-state index contributed by atoms with van der Waals surface area (Å²) in [7, 11) is 0. The summed E-state index contributed by atoms with van der Waals surface area (Å²) in [5.41, 5.74) is -0.921. The molecule has 13 heavy (non-hydrogen) atoms. The van der Waals surface area contributed by atoms with Crippen molar-refractivity contribution in [1.82, 2.24) is 0 Å². The second-order valence-electron chi connectivity index (χ2n) is 2.24. The minimum Gasteiger partial charge on any atom is -0.618 e. The molecule has 0 N–H and O–H groups in total. The van der Waals surface area contributed by atoms with E-state index in [0.29, 0.717) is 0 Å². The number of ketones is 1. The van der Waals surface area contributed by atoms with Gasteiger partial charge in [-0.15, -0.1) is 0 Å². The maximum Gasteiger partial charge on any atom is 0.461 e. The molecule has 0 aliphatic heterocycles. The van der Waals surface area contributed by atoms with Crippen molar-refractivity contribution >= 4 is 5.78 Å².